The first-order valence-electron chi connectivity index (χ1n) is 9.29. The summed E-state index contributed by atoms with van der Waals surface area (Å²) in [7, 11) is 0. The first-order valence-corrected chi connectivity index (χ1v) is 9.72. The lowest BCUT2D eigenvalue weighted by atomic mass is 9.97. The monoisotopic (exact) mass is 433 g/mol. The fourth-order valence-electron chi connectivity index (χ4n) is 3.17. The number of carbonyl (C=O) groups excluding carboxylic acids is 1. The van der Waals surface area contributed by atoms with E-state index in [0.717, 1.165) is 0 Å². The molecule has 0 radical (unpaired) electrons. The molecule has 0 bridgehead atoms. The van der Waals surface area contributed by atoms with Crippen LogP contribution in [0.3, 0.4) is 0 Å². The maximum atomic E-state index is 12.8. The van der Waals surface area contributed by atoms with Crippen molar-refractivity contribution in [2.75, 3.05) is 5.32 Å². The summed E-state index contributed by atoms with van der Waals surface area (Å²) in [6.07, 6.45) is 3.17. The van der Waals surface area contributed by atoms with Crippen LogP contribution >= 0.6 is 11.6 Å². The number of hydrogen-bond acceptors (Lipinski definition) is 5. The molecule has 1 amide bonds. The number of aromatic nitrogens is 2. The van der Waals surface area contributed by atoms with Crippen molar-refractivity contribution in [3.8, 4) is 22.4 Å². The van der Waals surface area contributed by atoms with Crippen molar-refractivity contribution >= 4 is 29.4 Å². The summed E-state index contributed by atoms with van der Waals surface area (Å²) in [6, 6.07) is 18.7. The quantitative estimate of drug-likeness (QED) is 0.413. The number of hydrogen-bond donors (Lipinski definition) is 2. The van der Waals surface area contributed by atoms with Gasteiger partial charge in [0.1, 0.15) is 11.1 Å². The number of anilines is 1. The molecular weight excluding hydrogens is 418 g/mol. The first kappa shape index (κ1) is 20.3. The Balaban J connectivity index is 1.80. The average Bonchev–Trinajstić information content (AvgIpc) is 3.22. The molecule has 154 valence electrons. The van der Waals surface area contributed by atoms with E-state index in [1.807, 2.05) is 6.07 Å². The molecule has 0 aliphatic rings. The predicted molar refractivity (Wildman–Crippen MR) is 116 cm³/mol. The van der Waals surface area contributed by atoms with Crippen LogP contribution in [0.2, 0.25) is 0 Å². The van der Waals surface area contributed by atoms with Crippen LogP contribution in [0.25, 0.3) is 22.4 Å². The Morgan fingerprint density at radius 3 is 2.35 bits per heavy atom. The highest BCUT2D eigenvalue weighted by Crippen LogP contribution is 2.40. The zero-order chi connectivity index (χ0) is 21.8. The third kappa shape index (κ3) is 4.17. The van der Waals surface area contributed by atoms with E-state index in [9.17, 15) is 14.7 Å². The van der Waals surface area contributed by atoms with Crippen molar-refractivity contribution in [1.82, 2.24) is 10.1 Å². The molecule has 0 aliphatic heterocycles. The van der Waals surface area contributed by atoms with Crippen molar-refractivity contribution < 1.29 is 19.2 Å². The number of halogens is 1. The van der Waals surface area contributed by atoms with Gasteiger partial charge >= 0.3 is 5.97 Å². The van der Waals surface area contributed by atoms with E-state index in [1.165, 1.54) is 6.07 Å². The zero-order valence-electron chi connectivity index (χ0n) is 16.0. The fourth-order valence-corrected chi connectivity index (χ4v) is 3.37. The molecule has 1 unspecified atom stereocenters. The van der Waals surface area contributed by atoms with Crippen molar-refractivity contribution in [2.45, 2.75) is 5.38 Å². The largest absolute Gasteiger partial charge is 0.478 e. The molecule has 0 aliphatic carbocycles. The van der Waals surface area contributed by atoms with Crippen molar-refractivity contribution in [1.29, 1.82) is 0 Å². The highest BCUT2D eigenvalue weighted by atomic mass is 35.5. The summed E-state index contributed by atoms with van der Waals surface area (Å²) in [5.74, 6) is -1.64. The second kappa shape index (κ2) is 8.81. The minimum Gasteiger partial charge on any atom is -0.478 e. The van der Waals surface area contributed by atoms with Crippen LogP contribution in [0.15, 0.2) is 83.6 Å². The summed E-state index contributed by atoms with van der Waals surface area (Å²) in [5, 5.41) is 15.4. The number of carboxylic acid groups (broad SMARTS) is 1. The molecule has 0 saturated carbocycles. The summed E-state index contributed by atoms with van der Waals surface area (Å²) in [5.41, 5.74) is 2.38. The topological polar surface area (TPSA) is 105 Å². The second-order valence-corrected chi connectivity index (χ2v) is 7.02. The first-order chi connectivity index (χ1) is 15.1. The highest BCUT2D eigenvalue weighted by molar-refractivity contribution is 6.32. The molecule has 0 saturated heterocycles. The van der Waals surface area contributed by atoms with E-state index >= 15 is 0 Å². The van der Waals surface area contributed by atoms with Gasteiger partial charge in [0, 0.05) is 23.5 Å². The molecule has 8 heteroatoms. The molecule has 2 aromatic carbocycles. The van der Waals surface area contributed by atoms with Crippen LogP contribution in [-0.4, -0.2) is 27.1 Å². The smallest absolute Gasteiger partial charge is 0.336 e. The van der Waals surface area contributed by atoms with Gasteiger partial charge in [-0.1, -0.05) is 53.7 Å². The molecule has 2 N–H and O–H groups in total. The summed E-state index contributed by atoms with van der Waals surface area (Å²) < 4.78 is 5.44. The Kier molecular flexibility index (Phi) is 5.77. The maximum Gasteiger partial charge on any atom is 0.336 e. The molecule has 7 nitrogen and oxygen atoms in total. The lowest BCUT2D eigenvalue weighted by molar-refractivity contribution is -0.116. The molecule has 1 atom stereocenters. The molecular formula is C23H16ClN3O4. The SMILES string of the molecule is O=C(O)c1ccccc1-c1c(-c2ccncc2)noc1NC(=O)C(Cl)c1ccccc1. The number of amides is 1. The van der Waals surface area contributed by atoms with E-state index in [2.05, 4.69) is 15.5 Å². The van der Waals surface area contributed by atoms with Crippen molar-refractivity contribution in [3.63, 3.8) is 0 Å². The van der Waals surface area contributed by atoms with Gasteiger partial charge in [-0.25, -0.2) is 4.79 Å². The van der Waals surface area contributed by atoms with Gasteiger partial charge in [0.05, 0.1) is 11.1 Å². The van der Waals surface area contributed by atoms with Gasteiger partial charge in [0.25, 0.3) is 0 Å². The number of carboxylic acids is 1. The number of aromatic carboxylic acids is 1. The minimum atomic E-state index is -1.12. The van der Waals surface area contributed by atoms with Crippen LogP contribution in [-0.2, 0) is 4.79 Å². The third-order valence-electron chi connectivity index (χ3n) is 4.63. The van der Waals surface area contributed by atoms with Gasteiger partial charge in [-0.2, -0.15) is 0 Å². The number of pyridine rings is 1. The predicted octanol–water partition coefficient (Wildman–Crippen LogP) is 5.02. The Labute approximate surface area is 182 Å². The van der Waals surface area contributed by atoms with Crippen LogP contribution in [0.1, 0.15) is 21.3 Å². The zero-order valence-corrected chi connectivity index (χ0v) is 16.8. The van der Waals surface area contributed by atoms with Gasteiger partial charge in [-0.15, -0.1) is 11.6 Å². The number of alkyl halides is 1. The van der Waals surface area contributed by atoms with Crippen molar-refractivity contribution in [3.05, 3.63) is 90.3 Å². The Bertz CT molecular complexity index is 1230. The summed E-state index contributed by atoms with van der Waals surface area (Å²) in [4.78, 5) is 28.6. The van der Waals surface area contributed by atoms with E-state index in [4.69, 9.17) is 16.1 Å². The maximum absolute atomic E-state index is 12.8. The number of carbonyl (C=O) groups is 2. The Morgan fingerprint density at radius 1 is 0.968 bits per heavy atom. The Morgan fingerprint density at radius 2 is 1.65 bits per heavy atom. The van der Waals surface area contributed by atoms with E-state index in [1.54, 1.807) is 67.0 Å². The summed E-state index contributed by atoms with van der Waals surface area (Å²) >= 11 is 6.33. The van der Waals surface area contributed by atoms with Crippen molar-refractivity contribution in [2.24, 2.45) is 0 Å². The molecule has 0 spiro atoms. The molecule has 0 fully saturated rings. The standard InChI is InChI=1S/C23H16ClN3O4/c24-19(14-6-2-1-3-7-14)21(28)26-22-18(16-8-4-5-9-17(16)23(29)30)20(27-31-22)15-10-12-25-13-11-15/h1-13,19H,(H,26,28)(H,29,30). The minimum absolute atomic E-state index is 0.00657. The average molecular weight is 434 g/mol. The van der Waals surface area contributed by atoms with Gasteiger partial charge in [0.15, 0.2) is 0 Å². The van der Waals surface area contributed by atoms with Crippen LogP contribution in [0.4, 0.5) is 5.88 Å². The molecule has 2 aromatic heterocycles. The van der Waals surface area contributed by atoms with Crippen LogP contribution < -0.4 is 5.32 Å². The van der Waals surface area contributed by atoms with E-state index < -0.39 is 17.3 Å². The summed E-state index contributed by atoms with van der Waals surface area (Å²) in [6.45, 7) is 0. The molecule has 31 heavy (non-hydrogen) atoms. The van der Waals surface area contributed by atoms with Crippen LogP contribution in [0.5, 0.6) is 0 Å². The highest BCUT2D eigenvalue weighted by Gasteiger charge is 2.27. The number of nitrogens with zero attached hydrogens (tertiary/aromatic N) is 2. The number of rotatable bonds is 6. The van der Waals surface area contributed by atoms with Gasteiger partial charge in [-0.05, 0) is 23.8 Å². The van der Waals surface area contributed by atoms with Gasteiger partial charge in [0.2, 0.25) is 11.8 Å². The molecule has 2 heterocycles. The van der Waals surface area contributed by atoms with Gasteiger partial charge < -0.3 is 9.63 Å². The Hall–Kier alpha value is -3.97. The van der Waals surface area contributed by atoms with Gasteiger partial charge in [-0.3, -0.25) is 15.1 Å². The second-order valence-electron chi connectivity index (χ2n) is 6.58. The van der Waals surface area contributed by atoms with E-state index in [-0.39, 0.29) is 11.4 Å². The lowest BCUT2D eigenvalue weighted by Crippen LogP contribution is -2.17. The molecule has 4 rings (SSSR count). The lowest BCUT2D eigenvalue weighted by Gasteiger charge is -2.11. The fraction of sp³-hybridized carbons (Fsp3) is 0.0435. The normalized spacial score (nSPS) is 11.6. The number of benzene rings is 2. The molecule has 4 aromatic rings. The third-order valence-corrected chi connectivity index (χ3v) is 5.08. The number of nitrogens with one attached hydrogen (secondary N) is 1. The van der Waals surface area contributed by atoms with E-state index in [0.29, 0.717) is 27.9 Å². The van der Waals surface area contributed by atoms with Crippen LogP contribution in [0, 0.1) is 0 Å².